The van der Waals surface area contributed by atoms with Crippen LogP contribution in [0.3, 0.4) is 0 Å². The summed E-state index contributed by atoms with van der Waals surface area (Å²) in [7, 11) is 1.42. The average Bonchev–Trinajstić information content (AvgIpc) is 2.65. The van der Waals surface area contributed by atoms with Crippen LogP contribution in [0.2, 0.25) is 0 Å². The first kappa shape index (κ1) is 19.5. The topological polar surface area (TPSA) is 57.1 Å². The minimum absolute atomic E-state index is 0.281. The maximum absolute atomic E-state index is 12.4. The molecule has 0 saturated heterocycles. The molecule has 0 spiro atoms. The zero-order valence-corrected chi connectivity index (χ0v) is 15.5. The predicted molar refractivity (Wildman–Crippen MR) is 102 cm³/mol. The molecular formula is C21H25NO4. The number of rotatable bonds is 9. The number of oxime groups is 1. The SMILES string of the molecule is CCCCC(=NOC)C(=O)Oc1ccccc1COc1ccccc1C. The van der Waals surface area contributed by atoms with Crippen molar-refractivity contribution in [3.05, 3.63) is 59.7 Å². The number of unbranched alkanes of at least 4 members (excludes halogenated alkanes) is 1. The number of aryl methyl sites for hydroxylation is 1. The highest BCUT2D eigenvalue weighted by atomic mass is 16.6. The summed E-state index contributed by atoms with van der Waals surface area (Å²) in [5.41, 5.74) is 2.12. The van der Waals surface area contributed by atoms with E-state index in [9.17, 15) is 4.79 Å². The Hall–Kier alpha value is -2.82. The van der Waals surface area contributed by atoms with Crippen molar-refractivity contribution in [3.8, 4) is 11.5 Å². The molecule has 0 heterocycles. The second kappa shape index (κ2) is 10.2. The van der Waals surface area contributed by atoms with Crippen molar-refractivity contribution in [2.75, 3.05) is 7.11 Å². The van der Waals surface area contributed by atoms with Crippen molar-refractivity contribution < 1.29 is 19.1 Å². The van der Waals surface area contributed by atoms with E-state index in [4.69, 9.17) is 14.3 Å². The third-order valence-electron chi connectivity index (χ3n) is 3.86. The molecule has 2 aromatic carbocycles. The first-order chi connectivity index (χ1) is 12.7. The molecular weight excluding hydrogens is 330 g/mol. The van der Waals surface area contributed by atoms with Gasteiger partial charge >= 0.3 is 5.97 Å². The maximum Gasteiger partial charge on any atom is 0.361 e. The Labute approximate surface area is 154 Å². The van der Waals surface area contributed by atoms with Gasteiger partial charge in [0.2, 0.25) is 0 Å². The summed E-state index contributed by atoms with van der Waals surface area (Å²) in [6.07, 6.45) is 2.32. The molecule has 0 unspecified atom stereocenters. The van der Waals surface area contributed by atoms with Crippen LogP contribution in [-0.2, 0) is 16.2 Å². The van der Waals surface area contributed by atoms with Crippen LogP contribution >= 0.6 is 0 Å². The number of nitrogens with zero attached hydrogens (tertiary/aromatic N) is 1. The Morgan fingerprint density at radius 3 is 2.42 bits per heavy atom. The van der Waals surface area contributed by atoms with Crippen LogP contribution in [-0.4, -0.2) is 18.8 Å². The molecule has 26 heavy (non-hydrogen) atoms. The molecule has 0 aliphatic carbocycles. The summed E-state index contributed by atoms with van der Waals surface area (Å²) in [5.74, 6) is 0.772. The van der Waals surface area contributed by atoms with Crippen molar-refractivity contribution >= 4 is 11.7 Å². The minimum atomic E-state index is -0.497. The molecule has 138 valence electrons. The molecule has 0 atom stereocenters. The summed E-state index contributed by atoms with van der Waals surface area (Å²) >= 11 is 0. The van der Waals surface area contributed by atoms with E-state index < -0.39 is 5.97 Å². The molecule has 2 rings (SSSR count). The lowest BCUT2D eigenvalue weighted by Gasteiger charge is -2.13. The van der Waals surface area contributed by atoms with E-state index in [1.807, 2.05) is 56.3 Å². The van der Waals surface area contributed by atoms with E-state index >= 15 is 0 Å². The van der Waals surface area contributed by atoms with Gasteiger partial charge in [-0.1, -0.05) is 54.9 Å². The summed E-state index contributed by atoms with van der Waals surface area (Å²) in [6.45, 7) is 4.34. The second-order valence-corrected chi connectivity index (χ2v) is 5.88. The summed E-state index contributed by atoms with van der Waals surface area (Å²) in [4.78, 5) is 17.2. The summed E-state index contributed by atoms with van der Waals surface area (Å²) in [5, 5.41) is 3.80. The van der Waals surface area contributed by atoms with Gasteiger partial charge in [-0.15, -0.1) is 0 Å². The van der Waals surface area contributed by atoms with Crippen LogP contribution in [0.5, 0.6) is 11.5 Å². The van der Waals surface area contributed by atoms with Gasteiger partial charge in [-0.3, -0.25) is 0 Å². The van der Waals surface area contributed by atoms with Crippen molar-refractivity contribution in [1.82, 2.24) is 0 Å². The fourth-order valence-corrected chi connectivity index (χ4v) is 2.39. The Bertz CT molecular complexity index is 755. The zero-order valence-electron chi connectivity index (χ0n) is 15.5. The Balaban J connectivity index is 2.09. The molecule has 5 heteroatoms. The molecule has 5 nitrogen and oxygen atoms in total. The summed E-state index contributed by atoms with van der Waals surface area (Å²) in [6, 6.07) is 15.1. The first-order valence-corrected chi connectivity index (χ1v) is 8.74. The highest BCUT2D eigenvalue weighted by Crippen LogP contribution is 2.23. The van der Waals surface area contributed by atoms with Crippen LogP contribution in [0.1, 0.15) is 37.3 Å². The first-order valence-electron chi connectivity index (χ1n) is 8.74. The van der Waals surface area contributed by atoms with E-state index in [0.717, 1.165) is 29.7 Å². The van der Waals surface area contributed by atoms with Crippen LogP contribution < -0.4 is 9.47 Å². The standard InChI is InChI=1S/C21H25NO4/c1-4-5-12-18(22-24-3)21(23)26-20-14-9-7-11-17(20)15-25-19-13-8-6-10-16(19)2/h6-11,13-14H,4-5,12,15H2,1-3H3. The molecule has 0 aromatic heterocycles. The van der Waals surface area contributed by atoms with Gasteiger partial charge in [-0.05, 0) is 31.0 Å². The van der Waals surface area contributed by atoms with Gasteiger partial charge in [0.15, 0.2) is 5.71 Å². The molecule has 0 bridgehead atoms. The molecule has 0 fully saturated rings. The van der Waals surface area contributed by atoms with Crippen LogP contribution in [0.15, 0.2) is 53.7 Å². The Kier molecular flexibility index (Phi) is 7.68. The Morgan fingerprint density at radius 1 is 1.04 bits per heavy atom. The largest absolute Gasteiger partial charge is 0.488 e. The van der Waals surface area contributed by atoms with Crippen LogP contribution in [0.25, 0.3) is 0 Å². The van der Waals surface area contributed by atoms with Crippen molar-refractivity contribution in [2.45, 2.75) is 39.7 Å². The van der Waals surface area contributed by atoms with Crippen molar-refractivity contribution in [3.63, 3.8) is 0 Å². The van der Waals surface area contributed by atoms with Gasteiger partial charge in [0.05, 0.1) is 0 Å². The third-order valence-corrected chi connectivity index (χ3v) is 3.86. The molecule has 0 N–H and O–H groups in total. The lowest BCUT2D eigenvalue weighted by molar-refractivity contribution is -0.127. The lowest BCUT2D eigenvalue weighted by atomic mass is 10.1. The van der Waals surface area contributed by atoms with Gasteiger partial charge in [-0.2, -0.15) is 0 Å². The zero-order chi connectivity index (χ0) is 18.8. The number of hydrogen-bond donors (Lipinski definition) is 0. The highest BCUT2D eigenvalue weighted by Gasteiger charge is 2.17. The van der Waals surface area contributed by atoms with E-state index in [1.165, 1.54) is 7.11 Å². The van der Waals surface area contributed by atoms with Crippen LogP contribution in [0, 0.1) is 6.92 Å². The van der Waals surface area contributed by atoms with Crippen molar-refractivity contribution in [1.29, 1.82) is 0 Å². The van der Waals surface area contributed by atoms with E-state index in [2.05, 4.69) is 5.16 Å². The number of esters is 1. The number of carbonyl (C=O) groups is 1. The van der Waals surface area contributed by atoms with Gasteiger partial charge in [0, 0.05) is 12.0 Å². The fraction of sp³-hybridized carbons (Fsp3) is 0.333. The number of benzene rings is 2. The van der Waals surface area contributed by atoms with Gasteiger partial charge in [0.25, 0.3) is 0 Å². The normalized spacial score (nSPS) is 11.1. The van der Waals surface area contributed by atoms with Gasteiger partial charge < -0.3 is 14.3 Å². The number of carbonyl (C=O) groups excluding carboxylic acids is 1. The van der Waals surface area contributed by atoms with Crippen molar-refractivity contribution in [2.24, 2.45) is 5.16 Å². The van der Waals surface area contributed by atoms with E-state index in [0.29, 0.717) is 18.8 Å². The van der Waals surface area contributed by atoms with E-state index in [-0.39, 0.29) is 5.71 Å². The second-order valence-electron chi connectivity index (χ2n) is 5.88. The molecule has 0 saturated carbocycles. The lowest BCUT2D eigenvalue weighted by Crippen LogP contribution is -2.21. The number of hydrogen-bond acceptors (Lipinski definition) is 5. The molecule has 0 aliphatic rings. The minimum Gasteiger partial charge on any atom is -0.488 e. The average molecular weight is 355 g/mol. The molecule has 0 amide bonds. The highest BCUT2D eigenvalue weighted by molar-refractivity contribution is 6.36. The maximum atomic E-state index is 12.4. The number of para-hydroxylation sites is 2. The number of ether oxygens (including phenoxy) is 2. The monoisotopic (exact) mass is 355 g/mol. The predicted octanol–water partition coefficient (Wildman–Crippen LogP) is 4.67. The fourth-order valence-electron chi connectivity index (χ4n) is 2.39. The smallest absolute Gasteiger partial charge is 0.361 e. The molecule has 0 radical (unpaired) electrons. The van der Waals surface area contributed by atoms with Gasteiger partial charge in [0.1, 0.15) is 25.2 Å². The van der Waals surface area contributed by atoms with Gasteiger partial charge in [-0.25, -0.2) is 4.79 Å². The Morgan fingerprint density at radius 2 is 1.73 bits per heavy atom. The quantitative estimate of drug-likeness (QED) is 0.284. The third kappa shape index (κ3) is 5.62. The summed E-state index contributed by atoms with van der Waals surface area (Å²) < 4.78 is 11.4. The van der Waals surface area contributed by atoms with E-state index in [1.54, 1.807) is 6.07 Å². The molecule has 0 aliphatic heterocycles. The molecule has 2 aromatic rings. The van der Waals surface area contributed by atoms with Crippen LogP contribution in [0.4, 0.5) is 0 Å².